The molecule has 2 aliphatic carbocycles. The molecule has 2 rings (SSSR count). The lowest BCUT2D eigenvalue weighted by Crippen LogP contribution is -2.54. The Bertz CT molecular complexity index is 254. The van der Waals surface area contributed by atoms with Crippen LogP contribution >= 0.6 is 0 Å². The van der Waals surface area contributed by atoms with Gasteiger partial charge in [-0.25, -0.2) is 0 Å². The Labute approximate surface area is 92.5 Å². The van der Waals surface area contributed by atoms with E-state index in [-0.39, 0.29) is 0 Å². The topological polar surface area (TPSA) is 50.4 Å². The summed E-state index contributed by atoms with van der Waals surface area (Å²) in [5.41, 5.74) is 6.27. The van der Waals surface area contributed by atoms with Crippen LogP contribution in [0.5, 0.6) is 0 Å². The molecule has 1 unspecified atom stereocenters. The molecule has 3 heteroatoms. The van der Waals surface area contributed by atoms with Gasteiger partial charge >= 0.3 is 0 Å². The largest absolute Gasteiger partial charge is 0.370 e. The smallest absolute Gasteiger partial charge is 0.188 e. The fourth-order valence-electron chi connectivity index (χ4n) is 2.26. The molecule has 3 nitrogen and oxygen atoms in total. The zero-order valence-corrected chi connectivity index (χ0v) is 9.92. The van der Waals surface area contributed by atoms with E-state index in [9.17, 15) is 0 Å². The second-order valence-corrected chi connectivity index (χ2v) is 5.75. The van der Waals surface area contributed by atoms with Gasteiger partial charge in [0.1, 0.15) is 0 Å². The van der Waals surface area contributed by atoms with Crippen LogP contribution in [-0.2, 0) is 0 Å². The molecular weight excluding hydrogens is 186 g/mol. The first kappa shape index (κ1) is 10.8. The fraction of sp³-hybridized carbons (Fsp3) is 0.917. The van der Waals surface area contributed by atoms with Crippen molar-refractivity contribution in [3.05, 3.63) is 0 Å². The Hall–Kier alpha value is -0.730. The quantitative estimate of drug-likeness (QED) is 0.551. The third kappa shape index (κ3) is 2.44. The molecule has 15 heavy (non-hydrogen) atoms. The molecule has 86 valence electrons. The maximum absolute atomic E-state index is 5.87. The van der Waals surface area contributed by atoms with E-state index in [4.69, 9.17) is 5.73 Å². The van der Waals surface area contributed by atoms with Gasteiger partial charge in [0.25, 0.3) is 0 Å². The van der Waals surface area contributed by atoms with Crippen LogP contribution in [0.2, 0.25) is 0 Å². The van der Waals surface area contributed by atoms with E-state index in [0.29, 0.717) is 17.4 Å². The summed E-state index contributed by atoms with van der Waals surface area (Å²) in [6, 6.07) is 0.530. The molecule has 0 aromatic heterocycles. The van der Waals surface area contributed by atoms with Gasteiger partial charge < -0.3 is 11.1 Å². The van der Waals surface area contributed by atoms with Crippen LogP contribution in [0.3, 0.4) is 0 Å². The van der Waals surface area contributed by atoms with Crippen LogP contribution in [0.25, 0.3) is 0 Å². The molecule has 0 spiro atoms. The van der Waals surface area contributed by atoms with Gasteiger partial charge in [0.2, 0.25) is 0 Å². The summed E-state index contributed by atoms with van der Waals surface area (Å²) in [7, 11) is 0. The standard InChI is InChI=1S/C12H23N3/c1-12(2)7-6-10(12)15-11(13)14-8-9-4-3-5-9/h9-10H,3-8H2,1-2H3,(H3,13,14,15). The fourth-order valence-corrected chi connectivity index (χ4v) is 2.26. The molecule has 2 aliphatic rings. The average Bonchev–Trinajstić information content (AvgIpc) is 2.10. The Balaban J connectivity index is 1.73. The number of guanidine groups is 1. The number of nitrogens with zero attached hydrogens (tertiary/aromatic N) is 1. The van der Waals surface area contributed by atoms with E-state index in [1.54, 1.807) is 0 Å². The number of hydrogen-bond donors (Lipinski definition) is 2. The highest BCUT2D eigenvalue weighted by atomic mass is 15.1. The SMILES string of the molecule is CC1(C)CCC1NC(N)=NCC1CCC1. The van der Waals surface area contributed by atoms with Crippen molar-refractivity contribution in [2.45, 2.75) is 52.0 Å². The first-order valence-corrected chi connectivity index (χ1v) is 6.14. The molecule has 0 heterocycles. The lowest BCUT2D eigenvalue weighted by Gasteiger charge is -2.45. The number of rotatable bonds is 3. The van der Waals surface area contributed by atoms with Gasteiger partial charge in [-0.3, -0.25) is 4.99 Å². The number of hydrogen-bond acceptors (Lipinski definition) is 1. The molecule has 0 radical (unpaired) electrons. The first-order valence-electron chi connectivity index (χ1n) is 6.14. The van der Waals surface area contributed by atoms with Gasteiger partial charge in [0.05, 0.1) is 0 Å². The van der Waals surface area contributed by atoms with E-state index in [1.807, 2.05) is 0 Å². The van der Waals surface area contributed by atoms with Crippen LogP contribution in [0.4, 0.5) is 0 Å². The van der Waals surface area contributed by atoms with Crippen LogP contribution in [0, 0.1) is 11.3 Å². The highest BCUT2D eigenvalue weighted by Gasteiger charge is 2.38. The molecule has 0 aromatic rings. The molecule has 0 aliphatic heterocycles. The number of nitrogens with two attached hydrogens (primary N) is 1. The van der Waals surface area contributed by atoms with Gasteiger partial charge in [0.15, 0.2) is 5.96 Å². The van der Waals surface area contributed by atoms with Crippen molar-refractivity contribution >= 4 is 5.96 Å². The van der Waals surface area contributed by atoms with E-state index in [2.05, 4.69) is 24.2 Å². The van der Waals surface area contributed by atoms with Gasteiger partial charge in [0, 0.05) is 12.6 Å². The third-order valence-electron chi connectivity index (χ3n) is 4.09. The second-order valence-electron chi connectivity index (χ2n) is 5.75. The van der Waals surface area contributed by atoms with Crippen LogP contribution in [0.15, 0.2) is 4.99 Å². The third-order valence-corrected chi connectivity index (χ3v) is 4.09. The minimum atomic E-state index is 0.399. The lowest BCUT2D eigenvalue weighted by molar-refractivity contribution is 0.126. The summed E-state index contributed by atoms with van der Waals surface area (Å²) in [5, 5.41) is 3.34. The van der Waals surface area contributed by atoms with E-state index < -0.39 is 0 Å². The molecule has 2 fully saturated rings. The number of nitrogens with one attached hydrogen (secondary N) is 1. The maximum Gasteiger partial charge on any atom is 0.188 e. The minimum Gasteiger partial charge on any atom is -0.370 e. The highest BCUT2D eigenvalue weighted by Crippen LogP contribution is 2.39. The van der Waals surface area contributed by atoms with Crippen LogP contribution < -0.4 is 11.1 Å². The Morgan fingerprint density at radius 3 is 2.53 bits per heavy atom. The van der Waals surface area contributed by atoms with Gasteiger partial charge in [-0.2, -0.15) is 0 Å². The molecule has 2 saturated carbocycles. The molecule has 0 amide bonds. The predicted octanol–water partition coefficient (Wildman–Crippen LogP) is 1.88. The Morgan fingerprint density at radius 1 is 1.40 bits per heavy atom. The van der Waals surface area contributed by atoms with Gasteiger partial charge in [-0.15, -0.1) is 0 Å². The first-order chi connectivity index (χ1) is 7.08. The molecular formula is C12H23N3. The molecule has 0 aromatic carbocycles. The molecule has 1 atom stereocenters. The summed E-state index contributed by atoms with van der Waals surface area (Å²) in [5.74, 6) is 1.46. The van der Waals surface area contributed by atoms with E-state index in [0.717, 1.165) is 12.5 Å². The second kappa shape index (κ2) is 4.03. The van der Waals surface area contributed by atoms with Crippen molar-refractivity contribution in [3.8, 4) is 0 Å². The molecule has 3 N–H and O–H groups in total. The Morgan fingerprint density at radius 2 is 2.13 bits per heavy atom. The Kier molecular flexibility index (Phi) is 2.89. The predicted molar refractivity (Wildman–Crippen MR) is 63.8 cm³/mol. The summed E-state index contributed by atoms with van der Waals surface area (Å²) in [6.07, 6.45) is 6.58. The van der Waals surface area contributed by atoms with Crippen molar-refractivity contribution in [2.75, 3.05) is 6.54 Å². The summed E-state index contributed by atoms with van der Waals surface area (Å²) in [6.45, 7) is 5.49. The van der Waals surface area contributed by atoms with Gasteiger partial charge in [-0.05, 0) is 37.0 Å². The van der Waals surface area contributed by atoms with Crippen molar-refractivity contribution in [1.82, 2.24) is 5.32 Å². The van der Waals surface area contributed by atoms with Crippen molar-refractivity contribution in [2.24, 2.45) is 22.1 Å². The van der Waals surface area contributed by atoms with Crippen LogP contribution in [0.1, 0.15) is 46.0 Å². The minimum absolute atomic E-state index is 0.399. The van der Waals surface area contributed by atoms with Crippen molar-refractivity contribution < 1.29 is 0 Å². The van der Waals surface area contributed by atoms with Crippen LogP contribution in [-0.4, -0.2) is 18.5 Å². The monoisotopic (exact) mass is 209 g/mol. The normalized spacial score (nSPS) is 30.5. The van der Waals surface area contributed by atoms with E-state index >= 15 is 0 Å². The summed E-state index contributed by atoms with van der Waals surface area (Å²) >= 11 is 0. The van der Waals surface area contributed by atoms with Crippen molar-refractivity contribution in [1.29, 1.82) is 0 Å². The van der Waals surface area contributed by atoms with Gasteiger partial charge in [-0.1, -0.05) is 20.3 Å². The van der Waals surface area contributed by atoms with E-state index in [1.165, 1.54) is 32.1 Å². The lowest BCUT2D eigenvalue weighted by atomic mass is 9.67. The zero-order valence-electron chi connectivity index (χ0n) is 9.92. The summed E-state index contributed by atoms with van der Waals surface area (Å²) < 4.78 is 0. The maximum atomic E-state index is 5.87. The van der Waals surface area contributed by atoms with Crippen molar-refractivity contribution in [3.63, 3.8) is 0 Å². The number of aliphatic imine (C=N–C) groups is 1. The summed E-state index contributed by atoms with van der Waals surface area (Å²) in [4.78, 5) is 4.42. The highest BCUT2D eigenvalue weighted by molar-refractivity contribution is 5.78. The average molecular weight is 209 g/mol. The molecule has 0 saturated heterocycles. The zero-order chi connectivity index (χ0) is 10.9. The molecule has 0 bridgehead atoms.